The lowest BCUT2D eigenvalue weighted by molar-refractivity contribution is 0.373. The zero-order valence-electron chi connectivity index (χ0n) is 15.8. The molecule has 0 spiro atoms. The zero-order valence-corrected chi connectivity index (χ0v) is 15.8. The van der Waals surface area contributed by atoms with Gasteiger partial charge in [0, 0.05) is 11.5 Å². The Labute approximate surface area is 166 Å². The number of ether oxygens (including phenoxy) is 1. The van der Waals surface area contributed by atoms with Crippen LogP contribution in [0.5, 0.6) is 17.2 Å². The normalized spacial score (nSPS) is 10.9. The van der Waals surface area contributed by atoms with Crippen LogP contribution in [0.15, 0.2) is 54.9 Å². The van der Waals surface area contributed by atoms with Crippen molar-refractivity contribution in [2.75, 3.05) is 12.4 Å². The molecule has 0 fully saturated rings. The molecule has 4 aromatic rings. The second kappa shape index (κ2) is 7.27. The van der Waals surface area contributed by atoms with Crippen LogP contribution in [-0.4, -0.2) is 27.3 Å². The summed E-state index contributed by atoms with van der Waals surface area (Å²) in [5.41, 5.74) is 2.92. The van der Waals surface area contributed by atoms with Crippen molar-refractivity contribution in [2.24, 2.45) is 0 Å². The van der Waals surface area contributed by atoms with E-state index < -0.39 is 5.82 Å². The molecule has 0 saturated heterocycles. The fraction of sp³-hybridized carbons (Fsp3) is 0.0909. The monoisotopic (exact) mass is 391 g/mol. The number of aromatic nitrogens is 2. The van der Waals surface area contributed by atoms with Gasteiger partial charge in [-0.25, -0.2) is 14.4 Å². The molecular weight excluding hydrogens is 373 g/mol. The van der Waals surface area contributed by atoms with Crippen LogP contribution in [0.1, 0.15) is 5.56 Å². The number of benzene rings is 3. The summed E-state index contributed by atoms with van der Waals surface area (Å²) in [6.07, 6.45) is 1.39. The van der Waals surface area contributed by atoms with Gasteiger partial charge in [0.2, 0.25) is 0 Å². The van der Waals surface area contributed by atoms with Crippen molar-refractivity contribution < 1.29 is 19.3 Å². The highest BCUT2D eigenvalue weighted by Crippen LogP contribution is 2.34. The summed E-state index contributed by atoms with van der Waals surface area (Å²) in [6.45, 7) is 1.63. The molecule has 0 aliphatic heterocycles. The zero-order chi connectivity index (χ0) is 20.5. The molecule has 0 unspecified atom stereocenters. The van der Waals surface area contributed by atoms with Gasteiger partial charge in [0.05, 0.1) is 18.3 Å². The highest BCUT2D eigenvalue weighted by molar-refractivity contribution is 5.94. The van der Waals surface area contributed by atoms with Crippen molar-refractivity contribution in [3.05, 3.63) is 66.2 Å². The van der Waals surface area contributed by atoms with Crippen LogP contribution >= 0.6 is 0 Å². The lowest BCUT2D eigenvalue weighted by Gasteiger charge is -2.12. The van der Waals surface area contributed by atoms with Crippen molar-refractivity contribution in [1.29, 1.82) is 0 Å². The highest BCUT2D eigenvalue weighted by Gasteiger charge is 2.12. The van der Waals surface area contributed by atoms with E-state index in [1.54, 1.807) is 25.1 Å². The Morgan fingerprint density at radius 2 is 1.69 bits per heavy atom. The Morgan fingerprint density at radius 3 is 2.48 bits per heavy atom. The fourth-order valence-corrected chi connectivity index (χ4v) is 3.08. The Kier molecular flexibility index (Phi) is 4.64. The Hall–Kier alpha value is -3.87. The minimum absolute atomic E-state index is 0.0101. The summed E-state index contributed by atoms with van der Waals surface area (Å²) in [7, 11) is 1.49. The maximum Gasteiger partial charge on any atom is 0.161 e. The lowest BCUT2D eigenvalue weighted by atomic mass is 10.0. The number of fused-ring (bicyclic) bond motifs is 1. The molecule has 3 aromatic carbocycles. The minimum Gasteiger partial charge on any atom is -0.508 e. The Morgan fingerprint density at radius 1 is 0.931 bits per heavy atom. The standard InChI is InChI=1S/C22H18FN3O3/c1-12-7-16(23)18(10-20(12)28)26-22-15-8-13(3-5-17(15)24-11-25-22)14-4-6-19(27)21(9-14)29-2/h3-11,27-28H,1-2H3,(H,24,25,26). The van der Waals surface area contributed by atoms with Gasteiger partial charge in [0.15, 0.2) is 11.5 Å². The summed E-state index contributed by atoms with van der Waals surface area (Å²) in [5.74, 6) is 0.320. The number of nitrogens with zero attached hydrogens (tertiary/aromatic N) is 2. The molecule has 4 rings (SSSR count). The predicted molar refractivity (Wildman–Crippen MR) is 109 cm³/mol. The summed E-state index contributed by atoms with van der Waals surface area (Å²) in [6, 6.07) is 13.2. The summed E-state index contributed by atoms with van der Waals surface area (Å²) >= 11 is 0. The van der Waals surface area contributed by atoms with Gasteiger partial charge in [0.25, 0.3) is 0 Å². The largest absolute Gasteiger partial charge is 0.508 e. The molecule has 0 saturated carbocycles. The van der Waals surface area contributed by atoms with E-state index in [-0.39, 0.29) is 17.2 Å². The smallest absolute Gasteiger partial charge is 0.161 e. The van der Waals surface area contributed by atoms with Gasteiger partial charge in [-0.2, -0.15) is 0 Å². The number of aromatic hydroxyl groups is 2. The topological polar surface area (TPSA) is 87.5 Å². The highest BCUT2D eigenvalue weighted by atomic mass is 19.1. The molecule has 0 radical (unpaired) electrons. The number of nitrogens with one attached hydrogen (secondary N) is 1. The first-order valence-corrected chi connectivity index (χ1v) is 8.84. The van der Waals surface area contributed by atoms with E-state index >= 15 is 0 Å². The molecule has 0 aliphatic carbocycles. The molecule has 0 amide bonds. The Bertz CT molecular complexity index is 1230. The number of hydrogen-bond acceptors (Lipinski definition) is 6. The molecule has 0 aliphatic rings. The van der Waals surface area contributed by atoms with E-state index in [4.69, 9.17) is 4.74 Å². The average Bonchev–Trinajstić information content (AvgIpc) is 2.72. The molecule has 7 heteroatoms. The SMILES string of the molecule is COc1cc(-c2ccc3ncnc(Nc4cc(O)c(C)cc4F)c3c2)ccc1O. The van der Waals surface area contributed by atoms with Gasteiger partial charge in [-0.15, -0.1) is 0 Å². The van der Waals surface area contributed by atoms with E-state index in [1.165, 1.54) is 25.6 Å². The molecular formula is C22H18FN3O3. The second-order valence-electron chi connectivity index (χ2n) is 6.58. The number of methoxy groups -OCH3 is 1. The molecule has 3 N–H and O–H groups in total. The minimum atomic E-state index is -0.494. The van der Waals surface area contributed by atoms with Gasteiger partial charge in [-0.3, -0.25) is 0 Å². The first-order valence-electron chi connectivity index (χ1n) is 8.84. The van der Waals surface area contributed by atoms with Crippen LogP contribution in [0.25, 0.3) is 22.0 Å². The van der Waals surface area contributed by atoms with Gasteiger partial charge in [0.1, 0.15) is 23.7 Å². The van der Waals surface area contributed by atoms with Crippen molar-refractivity contribution in [3.63, 3.8) is 0 Å². The number of phenolic OH excluding ortho intramolecular Hbond substituents is 2. The summed E-state index contributed by atoms with van der Waals surface area (Å²) < 4.78 is 19.5. The average molecular weight is 391 g/mol. The van der Waals surface area contributed by atoms with Crippen molar-refractivity contribution in [2.45, 2.75) is 6.92 Å². The molecule has 146 valence electrons. The fourth-order valence-electron chi connectivity index (χ4n) is 3.08. The van der Waals surface area contributed by atoms with E-state index in [9.17, 15) is 14.6 Å². The number of aryl methyl sites for hydroxylation is 1. The van der Waals surface area contributed by atoms with Crippen LogP contribution in [0.3, 0.4) is 0 Å². The van der Waals surface area contributed by atoms with Crippen LogP contribution in [0, 0.1) is 12.7 Å². The van der Waals surface area contributed by atoms with Crippen molar-refractivity contribution in [3.8, 4) is 28.4 Å². The molecule has 6 nitrogen and oxygen atoms in total. The number of rotatable bonds is 4. The number of phenols is 2. The third-order valence-corrected chi connectivity index (χ3v) is 4.69. The van der Waals surface area contributed by atoms with E-state index in [2.05, 4.69) is 15.3 Å². The molecule has 29 heavy (non-hydrogen) atoms. The summed E-state index contributed by atoms with van der Waals surface area (Å²) in [4.78, 5) is 8.50. The van der Waals surface area contributed by atoms with Crippen molar-refractivity contribution in [1.82, 2.24) is 9.97 Å². The van der Waals surface area contributed by atoms with Crippen LogP contribution in [0.4, 0.5) is 15.9 Å². The van der Waals surface area contributed by atoms with Crippen LogP contribution in [-0.2, 0) is 0 Å². The molecule has 0 bridgehead atoms. The predicted octanol–water partition coefficient (Wildman–Crippen LogP) is 4.91. The molecule has 0 atom stereocenters. The molecule has 1 aromatic heterocycles. The number of halogens is 1. The third kappa shape index (κ3) is 3.50. The van der Waals surface area contributed by atoms with Gasteiger partial charge >= 0.3 is 0 Å². The van der Waals surface area contributed by atoms with Gasteiger partial charge in [-0.05, 0) is 53.9 Å². The van der Waals surface area contributed by atoms with E-state index in [0.29, 0.717) is 28.0 Å². The lowest BCUT2D eigenvalue weighted by Crippen LogP contribution is -1.99. The first kappa shape index (κ1) is 18.5. The quantitative estimate of drug-likeness (QED) is 0.458. The third-order valence-electron chi connectivity index (χ3n) is 4.69. The van der Waals surface area contributed by atoms with Crippen molar-refractivity contribution >= 4 is 22.4 Å². The van der Waals surface area contributed by atoms with E-state index in [0.717, 1.165) is 11.1 Å². The Balaban J connectivity index is 1.80. The second-order valence-corrected chi connectivity index (χ2v) is 6.58. The van der Waals surface area contributed by atoms with Gasteiger partial charge in [-0.1, -0.05) is 12.1 Å². The first-order chi connectivity index (χ1) is 14.0. The van der Waals surface area contributed by atoms with Crippen LogP contribution < -0.4 is 10.1 Å². The van der Waals surface area contributed by atoms with Gasteiger partial charge < -0.3 is 20.3 Å². The maximum absolute atomic E-state index is 14.3. The number of anilines is 2. The number of hydrogen-bond donors (Lipinski definition) is 3. The molecule has 1 heterocycles. The maximum atomic E-state index is 14.3. The van der Waals surface area contributed by atoms with Crippen LogP contribution in [0.2, 0.25) is 0 Å². The van der Waals surface area contributed by atoms with E-state index in [1.807, 2.05) is 18.2 Å². The summed E-state index contributed by atoms with van der Waals surface area (Å²) in [5, 5.41) is 23.3.